The second-order valence-electron chi connectivity index (χ2n) is 3.48. The fourth-order valence-electron chi connectivity index (χ4n) is 1.34. The molecule has 0 unspecified atom stereocenters. The molecular formula is C13H12N2O3. The molecule has 2 aromatic heterocycles. The normalized spacial score (nSPS) is 11.4. The van der Waals surface area contributed by atoms with E-state index in [2.05, 4.69) is 10.5 Å². The molecule has 1 amide bonds. The number of aryl methyl sites for hydroxylation is 1. The molecule has 0 aromatic carbocycles. The SMILES string of the molecule is Cc1occc1C(=O)NN=CC=Cc1ccco1. The van der Waals surface area contributed by atoms with Crippen LogP contribution in [-0.2, 0) is 0 Å². The molecule has 0 atom stereocenters. The van der Waals surface area contributed by atoms with Gasteiger partial charge in [-0.15, -0.1) is 0 Å². The average molecular weight is 244 g/mol. The van der Waals surface area contributed by atoms with E-state index in [9.17, 15) is 4.79 Å². The van der Waals surface area contributed by atoms with Crippen molar-refractivity contribution in [3.8, 4) is 0 Å². The maximum atomic E-state index is 11.6. The van der Waals surface area contributed by atoms with Crippen LogP contribution in [0.5, 0.6) is 0 Å². The summed E-state index contributed by atoms with van der Waals surface area (Å²) in [5.41, 5.74) is 2.87. The summed E-state index contributed by atoms with van der Waals surface area (Å²) in [6.45, 7) is 1.72. The molecule has 0 radical (unpaired) electrons. The van der Waals surface area contributed by atoms with Gasteiger partial charge in [0, 0.05) is 6.21 Å². The zero-order valence-electron chi connectivity index (χ0n) is 9.79. The third kappa shape index (κ3) is 2.98. The lowest BCUT2D eigenvalue weighted by Gasteiger charge is -1.95. The standard InChI is InChI=1S/C13H12N2O3/c1-10-12(6-9-17-10)13(16)15-14-7-2-4-11-5-3-8-18-11/h2-9H,1H3,(H,15,16). The predicted octanol–water partition coefficient (Wildman–Crippen LogP) is 2.61. The topological polar surface area (TPSA) is 67.7 Å². The molecule has 0 saturated carbocycles. The van der Waals surface area contributed by atoms with Gasteiger partial charge in [-0.3, -0.25) is 4.79 Å². The molecule has 5 nitrogen and oxygen atoms in total. The molecule has 5 heteroatoms. The number of allylic oxidation sites excluding steroid dienone is 1. The van der Waals surface area contributed by atoms with Crippen LogP contribution in [0.1, 0.15) is 21.9 Å². The van der Waals surface area contributed by atoms with Gasteiger partial charge in [0.05, 0.1) is 18.1 Å². The highest BCUT2D eigenvalue weighted by Crippen LogP contribution is 2.07. The van der Waals surface area contributed by atoms with Gasteiger partial charge in [0.25, 0.3) is 5.91 Å². The van der Waals surface area contributed by atoms with Crippen LogP contribution in [0.4, 0.5) is 0 Å². The molecule has 1 N–H and O–H groups in total. The Morgan fingerprint density at radius 3 is 2.89 bits per heavy atom. The second-order valence-corrected chi connectivity index (χ2v) is 3.48. The van der Waals surface area contributed by atoms with Crippen LogP contribution in [0.3, 0.4) is 0 Å². The molecule has 0 aliphatic heterocycles. The van der Waals surface area contributed by atoms with Crippen LogP contribution in [0.15, 0.2) is 50.7 Å². The van der Waals surface area contributed by atoms with Crippen LogP contribution in [0.2, 0.25) is 0 Å². The molecule has 2 aromatic rings. The summed E-state index contributed by atoms with van der Waals surface area (Å²) in [6, 6.07) is 5.21. The Balaban J connectivity index is 1.85. The Labute approximate surface area is 104 Å². The first kappa shape index (κ1) is 11.9. The van der Waals surface area contributed by atoms with Crippen LogP contribution in [0, 0.1) is 6.92 Å². The lowest BCUT2D eigenvalue weighted by Crippen LogP contribution is -2.17. The van der Waals surface area contributed by atoms with Crippen molar-refractivity contribution >= 4 is 18.2 Å². The number of rotatable bonds is 4. The van der Waals surface area contributed by atoms with Crippen LogP contribution in [0.25, 0.3) is 6.08 Å². The Morgan fingerprint density at radius 2 is 2.22 bits per heavy atom. The summed E-state index contributed by atoms with van der Waals surface area (Å²) in [6.07, 6.45) is 7.92. The smallest absolute Gasteiger partial charge is 0.274 e. The minimum atomic E-state index is -0.302. The molecule has 0 fully saturated rings. The predicted molar refractivity (Wildman–Crippen MR) is 67.1 cm³/mol. The van der Waals surface area contributed by atoms with E-state index in [4.69, 9.17) is 8.83 Å². The summed E-state index contributed by atoms with van der Waals surface area (Å²) < 4.78 is 10.1. The van der Waals surface area contributed by atoms with Crippen molar-refractivity contribution in [3.05, 3.63) is 53.9 Å². The third-order valence-corrected chi connectivity index (χ3v) is 2.23. The zero-order valence-corrected chi connectivity index (χ0v) is 9.79. The van der Waals surface area contributed by atoms with Crippen molar-refractivity contribution in [2.45, 2.75) is 6.92 Å². The summed E-state index contributed by atoms with van der Waals surface area (Å²) in [4.78, 5) is 11.6. The van der Waals surface area contributed by atoms with Gasteiger partial charge in [-0.1, -0.05) is 0 Å². The van der Waals surface area contributed by atoms with Crippen molar-refractivity contribution < 1.29 is 13.6 Å². The molecule has 0 saturated heterocycles. The largest absolute Gasteiger partial charge is 0.469 e. The summed E-state index contributed by atoms with van der Waals surface area (Å²) in [7, 11) is 0. The molecule has 92 valence electrons. The average Bonchev–Trinajstić information content (AvgIpc) is 2.99. The number of carbonyl (C=O) groups excluding carboxylic acids is 1. The van der Waals surface area contributed by atoms with Crippen LogP contribution in [-0.4, -0.2) is 12.1 Å². The Hall–Kier alpha value is -2.56. The van der Waals surface area contributed by atoms with Gasteiger partial charge in [-0.2, -0.15) is 5.10 Å². The zero-order chi connectivity index (χ0) is 12.8. The van der Waals surface area contributed by atoms with E-state index in [1.165, 1.54) is 12.5 Å². The number of hydrazone groups is 1. The van der Waals surface area contributed by atoms with E-state index in [1.54, 1.807) is 37.5 Å². The first-order valence-corrected chi connectivity index (χ1v) is 5.35. The van der Waals surface area contributed by atoms with Crippen molar-refractivity contribution in [1.29, 1.82) is 0 Å². The van der Waals surface area contributed by atoms with E-state index >= 15 is 0 Å². The number of nitrogens with one attached hydrogen (secondary N) is 1. The number of amides is 1. The number of nitrogens with zero attached hydrogens (tertiary/aromatic N) is 1. The highest BCUT2D eigenvalue weighted by Gasteiger charge is 2.09. The first-order valence-electron chi connectivity index (χ1n) is 5.35. The maximum Gasteiger partial charge on any atom is 0.274 e. The third-order valence-electron chi connectivity index (χ3n) is 2.23. The molecule has 18 heavy (non-hydrogen) atoms. The fraction of sp³-hybridized carbons (Fsp3) is 0.0769. The highest BCUT2D eigenvalue weighted by molar-refractivity contribution is 5.95. The molecule has 2 rings (SSSR count). The van der Waals surface area contributed by atoms with Gasteiger partial charge in [0.1, 0.15) is 11.5 Å². The number of hydrogen-bond donors (Lipinski definition) is 1. The fourth-order valence-corrected chi connectivity index (χ4v) is 1.34. The maximum absolute atomic E-state index is 11.6. The lowest BCUT2D eigenvalue weighted by atomic mass is 10.2. The van der Waals surface area contributed by atoms with Gasteiger partial charge in [-0.05, 0) is 37.3 Å². The lowest BCUT2D eigenvalue weighted by molar-refractivity contribution is 0.0953. The van der Waals surface area contributed by atoms with Crippen molar-refractivity contribution in [1.82, 2.24) is 5.43 Å². The van der Waals surface area contributed by atoms with Gasteiger partial charge in [0.2, 0.25) is 0 Å². The van der Waals surface area contributed by atoms with E-state index < -0.39 is 0 Å². The molecule has 0 bridgehead atoms. The quantitative estimate of drug-likeness (QED) is 0.664. The van der Waals surface area contributed by atoms with Gasteiger partial charge in [0.15, 0.2) is 0 Å². The Morgan fingerprint density at radius 1 is 1.33 bits per heavy atom. The van der Waals surface area contributed by atoms with E-state index in [0.29, 0.717) is 11.3 Å². The monoisotopic (exact) mass is 244 g/mol. The Kier molecular flexibility index (Phi) is 3.76. The molecule has 0 spiro atoms. The summed E-state index contributed by atoms with van der Waals surface area (Å²) in [5.74, 6) is 0.983. The molecular weight excluding hydrogens is 232 g/mol. The minimum absolute atomic E-state index is 0.302. The van der Waals surface area contributed by atoms with Crippen molar-refractivity contribution in [2.75, 3.05) is 0 Å². The van der Waals surface area contributed by atoms with E-state index in [0.717, 1.165) is 5.76 Å². The molecule has 0 aliphatic rings. The van der Waals surface area contributed by atoms with Crippen molar-refractivity contribution in [3.63, 3.8) is 0 Å². The molecule has 0 aliphatic carbocycles. The van der Waals surface area contributed by atoms with E-state index in [-0.39, 0.29) is 5.91 Å². The number of hydrogen-bond acceptors (Lipinski definition) is 4. The number of furan rings is 2. The highest BCUT2D eigenvalue weighted by atomic mass is 16.3. The number of carbonyl (C=O) groups is 1. The van der Waals surface area contributed by atoms with E-state index in [1.807, 2.05) is 6.07 Å². The molecule has 2 heterocycles. The summed E-state index contributed by atoms with van der Waals surface area (Å²) in [5, 5.41) is 3.77. The van der Waals surface area contributed by atoms with Crippen molar-refractivity contribution in [2.24, 2.45) is 5.10 Å². The minimum Gasteiger partial charge on any atom is -0.469 e. The summed E-state index contributed by atoms with van der Waals surface area (Å²) >= 11 is 0. The first-order chi connectivity index (χ1) is 8.77. The van der Waals surface area contributed by atoms with Gasteiger partial charge < -0.3 is 8.83 Å². The van der Waals surface area contributed by atoms with Crippen LogP contribution < -0.4 is 5.43 Å². The Bertz CT molecular complexity index is 565. The van der Waals surface area contributed by atoms with Gasteiger partial charge in [-0.25, -0.2) is 5.43 Å². The van der Waals surface area contributed by atoms with Gasteiger partial charge >= 0.3 is 0 Å². The van der Waals surface area contributed by atoms with Crippen LogP contribution >= 0.6 is 0 Å². The second kappa shape index (κ2) is 5.67.